The Hall–Kier alpha value is -1.89. The molecule has 0 saturated carbocycles. The van der Waals surface area contributed by atoms with E-state index >= 15 is 0 Å². The van der Waals surface area contributed by atoms with Gasteiger partial charge in [-0.1, -0.05) is 18.2 Å². The summed E-state index contributed by atoms with van der Waals surface area (Å²) in [7, 11) is 0. The van der Waals surface area contributed by atoms with Crippen molar-refractivity contribution in [3.8, 4) is 0 Å². The summed E-state index contributed by atoms with van der Waals surface area (Å²) in [6.07, 6.45) is 2.03. The topological polar surface area (TPSA) is 105 Å². The molecule has 1 atom stereocenters. The second-order valence-corrected chi connectivity index (χ2v) is 3.78. The highest BCUT2D eigenvalue weighted by Crippen LogP contribution is 2.18. The van der Waals surface area contributed by atoms with Gasteiger partial charge in [-0.25, -0.2) is 5.48 Å². The second kappa shape index (κ2) is 4.96. The Morgan fingerprint density at radius 2 is 2.29 bits per heavy atom. The predicted molar refractivity (Wildman–Crippen MR) is 61.0 cm³/mol. The average molecular weight is 235 g/mol. The maximum absolute atomic E-state index is 11.2. The monoisotopic (exact) mass is 235 g/mol. The Kier molecular flexibility index (Phi) is 3.38. The van der Waals surface area contributed by atoms with Gasteiger partial charge in [0.05, 0.1) is 0 Å². The summed E-state index contributed by atoms with van der Waals surface area (Å²) in [5.74, 6) is -0.690. The quantitative estimate of drug-likeness (QED) is 0.430. The lowest BCUT2D eigenvalue weighted by molar-refractivity contribution is -0.613. The molecule has 90 valence electrons. The summed E-state index contributed by atoms with van der Waals surface area (Å²) >= 11 is 0. The normalized spacial score (nSPS) is 12.6. The van der Waals surface area contributed by atoms with Gasteiger partial charge in [0.25, 0.3) is 0 Å². The first-order valence-corrected chi connectivity index (χ1v) is 5.20. The Morgan fingerprint density at radius 1 is 1.53 bits per heavy atom. The van der Waals surface area contributed by atoms with Gasteiger partial charge in [-0.2, -0.15) is 0 Å². The van der Waals surface area contributed by atoms with Crippen molar-refractivity contribution >= 4 is 16.8 Å². The molecule has 2 rings (SSSR count). The molecule has 6 heteroatoms. The van der Waals surface area contributed by atoms with Crippen LogP contribution in [0.15, 0.2) is 30.5 Å². The molecule has 0 bridgehead atoms. The first-order chi connectivity index (χ1) is 8.26. The van der Waals surface area contributed by atoms with E-state index in [1.54, 1.807) is 6.20 Å². The molecule has 1 amide bonds. The molecule has 2 aromatic rings. The zero-order valence-corrected chi connectivity index (χ0v) is 9.01. The van der Waals surface area contributed by atoms with E-state index in [0.717, 1.165) is 16.5 Å². The summed E-state index contributed by atoms with van der Waals surface area (Å²) in [6.45, 7) is 0. The van der Waals surface area contributed by atoms with Crippen LogP contribution in [-0.4, -0.2) is 22.1 Å². The van der Waals surface area contributed by atoms with Gasteiger partial charge in [0.15, 0.2) is 6.04 Å². The highest BCUT2D eigenvalue weighted by molar-refractivity contribution is 5.85. The van der Waals surface area contributed by atoms with Gasteiger partial charge in [0, 0.05) is 23.5 Å². The number of H-pyrrole nitrogens is 1. The Morgan fingerprint density at radius 3 is 3.00 bits per heavy atom. The first-order valence-electron chi connectivity index (χ1n) is 5.20. The number of quaternary nitrogens is 1. The SMILES string of the molecule is O=C(NO)[C@H](Cc1c[nH]c2ccccc12)[NH2+][O-]. The minimum atomic E-state index is -0.876. The van der Waals surface area contributed by atoms with Gasteiger partial charge < -0.3 is 15.7 Å². The third-order valence-electron chi connectivity index (χ3n) is 2.73. The number of aromatic amines is 1. The molecule has 0 unspecified atom stereocenters. The molecular formula is C11H13N3O3. The molecule has 1 heterocycles. The van der Waals surface area contributed by atoms with Crippen molar-refractivity contribution in [2.75, 3.05) is 0 Å². The number of nitrogens with two attached hydrogens (primary N) is 1. The number of hydrogen-bond donors (Lipinski definition) is 4. The molecule has 17 heavy (non-hydrogen) atoms. The predicted octanol–water partition coefficient (Wildman–Crippen LogP) is -0.354. The second-order valence-electron chi connectivity index (χ2n) is 3.78. The number of carbonyl (C=O) groups is 1. The molecule has 0 radical (unpaired) electrons. The van der Waals surface area contributed by atoms with E-state index in [2.05, 4.69) is 4.98 Å². The van der Waals surface area contributed by atoms with Gasteiger partial charge >= 0.3 is 5.91 Å². The summed E-state index contributed by atoms with van der Waals surface area (Å²) in [5.41, 5.74) is 3.86. The minimum absolute atomic E-state index is 0.264. The van der Waals surface area contributed by atoms with Crippen molar-refractivity contribution in [2.24, 2.45) is 0 Å². The van der Waals surface area contributed by atoms with Crippen molar-refractivity contribution in [1.82, 2.24) is 10.5 Å². The standard InChI is InChI=1S/C11H13N3O3/c15-11(14-17)10(13-16)5-7-6-12-9-4-2-1-3-8(7)9/h1-4,6,10,12,17H,5,13H2,(H,14,15)/t10-/m0/s1. The van der Waals surface area contributed by atoms with Crippen LogP contribution in [0.5, 0.6) is 0 Å². The van der Waals surface area contributed by atoms with E-state index in [9.17, 15) is 10.0 Å². The number of hydroxylamine groups is 2. The zero-order chi connectivity index (χ0) is 12.3. The molecule has 0 saturated heterocycles. The van der Waals surface area contributed by atoms with E-state index in [-0.39, 0.29) is 6.42 Å². The molecular weight excluding hydrogens is 222 g/mol. The molecule has 0 aliphatic heterocycles. The molecule has 0 fully saturated rings. The third kappa shape index (κ3) is 2.28. The molecule has 5 N–H and O–H groups in total. The van der Waals surface area contributed by atoms with Crippen molar-refractivity contribution in [2.45, 2.75) is 12.5 Å². The van der Waals surface area contributed by atoms with Crippen LogP contribution in [-0.2, 0) is 11.2 Å². The van der Waals surface area contributed by atoms with Crippen molar-refractivity contribution in [3.05, 3.63) is 41.2 Å². The lowest BCUT2D eigenvalue weighted by Gasteiger charge is -2.14. The van der Waals surface area contributed by atoms with Crippen LogP contribution in [0.1, 0.15) is 5.56 Å². The molecule has 0 spiro atoms. The molecule has 1 aromatic carbocycles. The summed E-state index contributed by atoms with van der Waals surface area (Å²) in [6, 6.07) is 6.75. The zero-order valence-electron chi connectivity index (χ0n) is 9.01. The van der Waals surface area contributed by atoms with Crippen LogP contribution < -0.4 is 11.0 Å². The Labute approximate surface area is 97.2 Å². The van der Waals surface area contributed by atoms with Gasteiger partial charge in [-0.15, -0.1) is 0 Å². The van der Waals surface area contributed by atoms with E-state index < -0.39 is 11.9 Å². The number of benzene rings is 1. The molecule has 1 aromatic heterocycles. The molecule has 0 aliphatic rings. The highest BCUT2D eigenvalue weighted by atomic mass is 16.5. The number of nitrogens with one attached hydrogen (secondary N) is 2. The van der Waals surface area contributed by atoms with E-state index in [4.69, 9.17) is 5.21 Å². The molecule has 6 nitrogen and oxygen atoms in total. The number of amides is 1. The van der Waals surface area contributed by atoms with Crippen LogP contribution >= 0.6 is 0 Å². The number of para-hydroxylation sites is 1. The van der Waals surface area contributed by atoms with Crippen LogP contribution in [0.4, 0.5) is 0 Å². The lowest BCUT2D eigenvalue weighted by atomic mass is 10.1. The van der Waals surface area contributed by atoms with Crippen LogP contribution in [0.2, 0.25) is 0 Å². The smallest absolute Gasteiger partial charge is 0.302 e. The fraction of sp³-hybridized carbons (Fsp3) is 0.182. The maximum Gasteiger partial charge on any atom is 0.302 e. The summed E-state index contributed by atoms with van der Waals surface area (Å²) < 4.78 is 0. The van der Waals surface area contributed by atoms with Crippen LogP contribution in [0.3, 0.4) is 0 Å². The Balaban J connectivity index is 2.25. The Bertz CT molecular complexity index is 523. The van der Waals surface area contributed by atoms with E-state index in [0.29, 0.717) is 5.48 Å². The summed E-state index contributed by atoms with van der Waals surface area (Å²) in [5, 5.41) is 20.3. The largest absolute Gasteiger partial charge is 0.635 e. The fourth-order valence-electron chi connectivity index (χ4n) is 1.82. The van der Waals surface area contributed by atoms with Gasteiger partial charge in [0.1, 0.15) is 0 Å². The average Bonchev–Trinajstić information content (AvgIpc) is 2.78. The number of hydrogen-bond acceptors (Lipinski definition) is 3. The van der Waals surface area contributed by atoms with Crippen molar-refractivity contribution < 1.29 is 15.5 Å². The number of rotatable bonds is 4. The van der Waals surface area contributed by atoms with Gasteiger partial charge in [-0.3, -0.25) is 10.0 Å². The summed E-state index contributed by atoms with van der Waals surface area (Å²) in [4.78, 5) is 14.3. The lowest BCUT2D eigenvalue weighted by Crippen LogP contribution is -2.87. The van der Waals surface area contributed by atoms with E-state index in [1.165, 1.54) is 5.48 Å². The van der Waals surface area contributed by atoms with Gasteiger partial charge in [0.2, 0.25) is 0 Å². The number of carbonyl (C=O) groups excluding carboxylic acids is 1. The maximum atomic E-state index is 11.2. The van der Waals surface area contributed by atoms with Crippen molar-refractivity contribution in [3.63, 3.8) is 0 Å². The fourth-order valence-corrected chi connectivity index (χ4v) is 1.82. The van der Waals surface area contributed by atoms with Crippen LogP contribution in [0, 0.1) is 5.21 Å². The number of aromatic nitrogens is 1. The third-order valence-corrected chi connectivity index (χ3v) is 2.73. The minimum Gasteiger partial charge on any atom is -0.635 e. The molecule has 0 aliphatic carbocycles. The van der Waals surface area contributed by atoms with Crippen molar-refractivity contribution in [1.29, 1.82) is 0 Å². The van der Waals surface area contributed by atoms with Gasteiger partial charge in [-0.05, 0) is 11.6 Å². The first kappa shape index (κ1) is 11.6. The van der Waals surface area contributed by atoms with Crippen LogP contribution in [0.25, 0.3) is 10.9 Å². The number of fused-ring (bicyclic) bond motifs is 1. The highest BCUT2D eigenvalue weighted by Gasteiger charge is 2.20. The van der Waals surface area contributed by atoms with E-state index in [1.807, 2.05) is 24.3 Å².